The first-order valence-electron chi connectivity index (χ1n) is 2.91. The van der Waals surface area contributed by atoms with Gasteiger partial charge in [-0.2, -0.15) is 4.98 Å². The van der Waals surface area contributed by atoms with E-state index in [2.05, 4.69) is 19.9 Å². The van der Waals surface area contributed by atoms with Crippen LogP contribution in [0.5, 0.6) is 0 Å². The number of hydrogen-bond donors (Lipinski definition) is 2. The van der Waals surface area contributed by atoms with Crippen molar-refractivity contribution < 1.29 is 58.2 Å². The number of rotatable bonds is 0. The summed E-state index contributed by atoms with van der Waals surface area (Å²) >= 11 is 4.89. The smallest absolute Gasteiger partial charge is 0.758 e. The van der Waals surface area contributed by atoms with E-state index in [1.165, 1.54) is 6.33 Å². The monoisotopic (exact) mass is 251 g/mol. The summed E-state index contributed by atoms with van der Waals surface area (Å²) in [6.45, 7) is 0. The minimum atomic E-state index is 0. The molecule has 2 heterocycles. The van der Waals surface area contributed by atoms with E-state index < -0.39 is 0 Å². The van der Waals surface area contributed by atoms with Gasteiger partial charge in [0.25, 0.3) is 0 Å². The second kappa shape index (κ2) is 4.06. The normalized spacial score (nSPS) is 9.67. The summed E-state index contributed by atoms with van der Waals surface area (Å²) in [5, 5.41) is 0.407. The molecule has 0 aromatic carbocycles. The molecule has 0 bridgehead atoms. The third-order valence-corrected chi connectivity index (χ3v) is 1.57. The van der Waals surface area contributed by atoms with Gasteiger partial charge in [-0.05, 0) is 0 Å². The summed E-state index contributed by atoms with van der Waals surface area (Å²) in [7, 11) is 0. The van der Waals surface area contributed by atoms with Gasteiger partial charge in [-0.3, -0.25) is 0 Å². The first-order valence-corrected chi connectivity index (χ1v) is 3.32. The van der Waals surface area contributed by atoms with Gasteiger partial charge in [0.15, 0.2) is 5.65 Å². The van der Waals surface area contributed by atoms with Crippen molar-refractivity contribution in [2.45, 2.75) is 5.03 Å². The number of nitrogen functional groups attached to an aromatic ring is 1. The van der Waals surface area contributed by atoms with Crippen molar-refractivity contribution in [3.63, 3.8) is 0 Å². The third-order valence-electron chi connectivity index (χ3n) is 1.27. The molecule has 56 valence electrons. The fraction of sp³-hybridized carbons (Fsp3) is 0. The summed E-state index contributed by atoms with van der Waals surface area (Å²) in [5.74, 6) is 0.162. The van der Waals surface area contributed by atoms with Gasteiger partial charge in [-0.25, -0.2) is 9.97 Å². The molecule has 12 heavy (non-hydrogen) atoms. The molecule has 5 nitrogen and oxygen atoms in total. The van der Waals surface area contributed by atoms with Crippen molar-refractivity contribution >= 4 is 29.7 Å². The zero-order valence-corrected chi connectivity index (χ0v) is 12.1. The largest absolute Gasteiger partial charge is 1.00 e. The number of aromatic amines is 1. The van der Waals surface area contributed by atoms with Crippen molar-refractivity contribution in [3.8, 4) is 0 Å². The number of anilines is 1. The maximum atomic E-state index is 5.34. The molecule has 0 unspecified atom stereocenters. The number of hydrogen-bond acceptors (Lipinski definition) is 5. The summed E-state index contributed by atoms with van der Waals surface area (Å²) in [4.78, 5) is 14.3. The van der Waals surface area contributed by atoms with Crippen molar-refractivity contribution in [3.05, 3.63) is 6.33 Å². The van der Waals surface area contributed by atoms with E-state index in [4.69, 9.17) is 18.4 Å². The second-order valence-electron chi connectivity index (χ2n) is 1.99. The maximum Gasteiger partial charge on any atom is 1.00 e. The molecule has 2 rings (SSSR count). The van der Waals surface area contributed by atoms with E-state index in [0.717, 1.165) is 0 Å². The molecule has 3 N–H and O–H groups in total. The molecular weight excluding hydrogens is 248 g/mol. The van der Waals surface area contributed by atoms with Gasteiger partial charge in [0, 0.05) is 0 Å². The maximum absolute atomic E-state index is 5.34. The van der Waals surface area contributed by atoms with Crippen LogP contribution in [0.1, 0.15) is 0 Å². The zero-order valence-electron chi connectivity index (χ0n) is 6.40. The average molecular weight is 252 g/mol. The molecule has 2 aromatic heterocycles. The number of fused-ring (bicyclic) bond motifs is 1. The molecule has 0 aliphatic carbocycles. The average Bonchev–Trinajstić information content (AvgIpc) is 2.34. The van der Waals surface area contributed by atoms with E-state index in [1.807, 2.05) is 0 Å². The van der Waals surface area contributed by atoms with E-state index in [-0.39, 0.29) is 64.1 Å². The van der Waals surface area contributed by atoms with Crippen molar-refractivity contribution in [1.82, 2.24) is 19.9 Å². The number of H-pyrrole nitrogens is 1. The number of aromatic nitrogens is 4. The first-order chi connectivity index (χ1) is 5.27. The predicted octanol–water partition coefficient (Wildman–Crippen LogP) is -3.16. The molecular formula is C5H4N5RbS. The summed E-state index contributed by atoms with van der Waals surface area (Å²) in [6, 6.07) is 0. The van der Waals surface area contributed by atoms with Crippen LogP contribution in [0.4, 0.5) is 5.95 Å². The molecule has 0 saturated carbocycles. The molecule has 0 aliphatic rings. The van der Waals surface area contributed by atoms with Crippen LogP contribution in [0.25, 0.3) is 11.2 Å². The van der Waals surface area contributed by atoms with E-state index in [1.54, 1.807) is 0 Å². The van der Waals surface area contributed by atoms with E-state index in [0.29, 0.717) is 16.2 Å². The van der Waals surface area contributed by atoms with Gasteiger partial charge in [0.2, 0.25) is 5.95 Å². The van der Waals surface area contributed by atoms with Crippen molar-refractivity contribution in [1.29, 1.82) is 0 Å². The molecule has 7 heteroatoms. The third kappa shape index (κ3) is 1.82. The van der Waals surface area contributed by atoms with Gasteiger partial charge in [0.1, 0.15) is 0 Å². The molecule has 0 fully saturated rings. The Morgan fingerprint density at radius 1 is 1.42 bits per heavy atom. The quantitative estimate of drug-likeness (QED) is 0.382. The number of nitrogens with one attached hydrogen (secondary N) is 1. The molecule has 0 aliphatic heterocycles. The van der Waals surface area contributed by atoms with Crippen LogP contribution in [0.3, 0.4) is 0 Å². The van der Waals surface area contributed by atoms with Crippen LogP contribution in [0.15, 0.2) is 11.4 Å². The molecule has 0 amide bonds. The zero-order chi connectivity index (χ0) is 7.84. The van der Waals surface area contributed by atoms with Crippen LogP contribution in [0.2, 0.25) is 0 Å². The molecule has 0 radical (unpaired) electrons. The summed E-state index contributed by atoms with van der Waals surface area (Å²) < 4.78 is 0. The predicted molar refractivity (Wildman–Crippen MR) is 41.7 cm³/mol. The Bertz CT molecular complexity index is 400. The topological polar surface area (TPSA) is 80.5 Å². The van der Waals surface area contributed by atoms with E-state index in [9.17, 15) is 0 Å². The van der Waals surface area contributed by atoms with Crippen molar-refractivity contribution in [2.24, 2.45) is 0 Å². The first kappa shape index (κ1) is 10.5. The molecule has 0 saturated heterocycles. The Morgan fingerprint density at radius 3 is 2.92 bits per heavy atom. The summed E-state index contributed by atoms with van der Waals surface area (Å²) in [5.41, 5.74) is 6.52. The second-order valence-corrected chi connectivity index (χ2v) is 2.37. The van der Waals surface area contributed by atoms with Crippen LogP contribution < -0.4 is 63.9 Å². The Hall–Kier alpha value is 0.375. The standard InChI is InChI=1S/C5H5N5S.Rb/c6-5-9-3-2(4(11)10-5)7-1-8-3;/h1H,(H4,6,7,8,9,10,11);/q;+1/p-1. The van der Waals surface area contributed by atoms with Gasteiger partial charge in [-0.1, -0.05) is 5.03 Å². The number of nitrogens with zero attached hydrogens (tertiary/aromatic N) is 3. The fourth-order valence-electron chi connectivity index (χ4n) is 0.823. The minimum Gasteiger partial charge on any atom is -0.758 e. The van der Waals surface area contributed by atoms with Crippen LogP contribution in [-0.2, 0) is 12.6 Å². The fourth-order valence-corrected chi connectivity index (χ4v) is 1.07. The molecule has 2 aromatic rings. The van der Waals surface area contributed by atoms with Gasteiger partial charge >= 0.3 is 58.2 Å². The SMILES string of the molecule is Nc1nc([S-])c2[nH]cnc2n1.[Rb+]. The summed E-state index contributed by atoms with van der Waals surface area (Å²) in [6.07, 6.45) is 1.51. The molecule has 0 atom stereocenters. The Kier molecular flexibility index (Phi) is 3.53. The van der Waals surface area contributed by atoms with Gasteiger partial charge < -0.3 is 23.3 Å². The number of imidazole rings is 1. The van der Waals surface area contributed by atoms with Crippen LogP contribution >= 0.6 is 0 Å². The Balaban J connectivity index is 0.000000720. The number of nitrogens with two attached hydrogens (primary N) is 1. The minimum absolute atomic E-state index is 0. The van der Waals surface area contributed by atoms with Gasteiger partial charge in [0.05, 0.1) is 11.8 Å². The van der Waals surface area contributed by atoms with Crippen LogP contribution in [-0.4, -0.2) is 19.9 Å². The molecule has 0 spiro atoms. The Labute approximate surface area is 123 Å². The Morgan fingerprint density at radius 2 is 2.17 bits per heavy atom. The van der Waals surface area contributed by atoms with E-state index >= 15 is 0 Å². The van der Waals surface area contributed by atoms with Crippen LogP contribution in [0, 0.1) is 0 Å². The van der Waals surface area contributed by atoms with Crippen molar-refractivity contribution in [2.75, 3.05) is 5.73 Å². The van der Waals surface area contributed by atoms with Gasteiger partial charge in [-0.15, -0.1) is 0 Å².